The molecule has 0 aromatic heterocycles. The van der Waals surface area contributed by atoms with Gasteiger partial charge in [0, 0.05) is 21.0 Å². The fraction of sp³-hybridized carbons (Fsp3) is 0.125. The second-order valence-electron chi connectivity index (χ2n) is 5.54. The van der Waals surface area contributed by atoms with Crippen molar-refractivity contribution in [3.05, 3.63) is 55.9 Å². The van der Waals surface area contributed by atoms with Gasteiger partial charge in [-0.3, -0.25) is 9.59 Å². The minimum Gasteiger partial charge on any atom is -0.324 e. The lowest BCUT2D eigenvalue weighted by Crippen LogP contribution is -2.45. The van der Waals surface area contributed by atoms with Crippen LogP contribution in [0.15, 0.2) is 50.2 Å². The number of fused-ring (bicyclic) bond motifs is 1. The number of nitrogens with one attached hydrogen (secondary N) is 1. The van der Waals surface area contributed by atoms with Gasteiger partial charge in [-0.15, -0.1) is 0 Å². The normalized spacial score (nSPS) is 18.4. The van der Waals surface area contributed by atoms with Crippen LogP contribution in [0.1, 0.15) is 11.5 Å². The summed E-state index contributed by atoms with van der Waals surface area (Å²) in [7, 11) is -2.88. The van der Waals surface area contributed by atoms with E-state index in [1.54, 1.807) is 18.2 Å². The lowest BCUT2D eigenvalue weighted by Gasteiger charge is -2.30. The van der Waals surface area contributed by atoms with Gasteiger partial charge >= 0.3 is 0 Å². The Morgan fingerprint density at radius 1 is 1.19 bits per heavy atom. The van der Waals surface area contributed by atoms with E-state index in [1.807, 2.05) is 0 Å². The Hall–Kier alpha value is -1.42. The fourth-order valence-corrected chi connectivity index (χ4v) is 5.29. The van der Waals surface area contributed by atoms with Crippen LogP contribution in [0.2, 0.25) is 5.02 Å². The molecule has 0 saturated carbocycles. The van der Waals surface area contributed by atoms with E-state index in [-0.39, 0.29) is 15.5 Å². The van der Waals surface area contributed by atoms with Crippen LogP contribution >= 0.6 is 43.5 Å². The zero-order valence-electron chi connectivity index (χ0n) is 13.2. The molecule has 2 aromatic rings. The molecule has 6 nitrogen and oxygen atoms in total. The van der Waals surface area contributed by atoms with Crippen LogP contribution in [0.3, 0.4) is 0 Å². The lowest BCUT2D eigenvalue weighted by molar-refractivity contribution is -0.132. The summed E-state index contributed by atoms with van der Waals surface area (Å²) in [4.78, 5) is 25.3. The second kappa shape index (κ2) is 6.95. The Morgan fingerprint density at radius 3 is 2.54 bits per heavy atom. The summed E-state index contributed by atoms with van der Waals surface area (Å²) in [5.41, 5.74) is 0.511. The molecule has 1 aliphatic heterocycles. The zero-order chi connectivity index (χ0) is 19.2. The number of carbonyl (C=O) groups excluding carboxylic acids is 2. The average molecular weight is 523 g/mol. The van der Waals surface area contributed by atoms with Gasteiger partial charge in [-0.25, -0.2) is 12.7 Å². The largest absolute Gasteiger partial charge is 0.324 e. The first kappa shape index (κ1) is 19.3. The summed E-state index contributed by atoms with van der Waals surface area (Å²) in [5, 5.41) is 2.89. The quantitative estimate of drug-likeness (QED) is 0.609. The molecule has 136 valence electrons. The molecule has 0 spiro atoms. The summed E-state index contributed by atoms with van der Waals surface area (Å²) in [6.45, 7) is 0. The molecule has 26 heavy (non-hydrogen) atoms. The van der Waals surface area contributed by atoms with Crippen molar-refractivity contribution in [3.8, 4) is 0 Å². The third kappa shape index (κ3) is 3.28. The van der Waals surface area contributed by atoms with Crippen molar-refractivity contribution < 1.29 is 18.0 Å². The predicted molar refractivity (Wildman–Crippen MR) is 105 cm³/mol. The highest BCUT2D eigenvalue weighted by Crippen LogP contribution is 2.37. The molecule has 2 amide bonds. The number of likely N-dealkylation sites (N-methyl/N-ethyl adjacent to an activating group) is 1. The third-order valence-electron chi connectivity index (χ3n) is 3.93. The Balaban J connectivity index is 2.07. The van der Waals surface area contributed by atoms with Crippen molar-refractivity contribution in [3.63, 3.8) is 0 Å². The van der Waals surface area contributed by atoms with E-state index in [1.165, 1.54) is 18.2 Å². The molecule has 0 radical (unpaired) electrons. The fourth-order valence-electron chi connectivity index (χ4n) is 2.61. The summed E-state index contributed by atoms with van der Waals surface area (Å²) in [6, 6.07) is 9.15. The van der Waals surface area contributed by atoms with Crippen LogP contribution in [0.4, 0.5) is 5.69 Å². The van der Waals surface area contributed by atoms with Crippen LogP contribution in [-0.2, 0) is 19.6 Å². The van der Waals surface area contributed by atoms with Crippen LogP contribution in [0.5, 0.6) is 0 Å². The Morgan fingerprint density at radius 2 is 1.88 bits per heavy atom. The average Bonchev–Trinajstić information content (AvgIpc) is 2.55. The van der Waals surface area contributed by atoms with Crippen molar-refractivity contribution in [2.45, 2.75) is 10.8 Å². The minimum atomic E-state index is -4.01. The van der Waals surface area contributed by atoms with Crippen molar-refractivity contribution in [2.75, 3.05) is 12.4 Å². The maximum atomic E-state index is 12.8. The molecule has 0 saturated heterocycles. The number of rotatable bonds is 2. The Labute approximate surface area is 171 Å². The highest BCUT2D eigenvalue weighted by Gasteiger charge is 2.44. The van der Waals surface area contributed by atoms with E-state index in [9.17, 15) is 18.0 Å². The molecule has 1 unspecified atom stereocenters. The summed E-state index contributed by atoms with van der Waals surface area (Å²) in [5.74, 6) is -2.82. The Bertz CT molecular complexity index is 1040. The number of nitrogens with zero attached hydrogens (tertiary/aromatic N) is 1. The molecular weight excluding hydrogens is 512 g/mol. The lowest BCUT2D eigenvalue weighted by atomic mass is 9.96. The van der Waals surface area contributed by atoms with Crippen molar-refractivity contribution in [2.24, 2.45) is 0 Å². The SMILES string of the molecule is CN1C(=O)C(C(=O)Nc2ccc(Br)cc2Br)c2cc(Cl)ccc2S1(=O)=O. The number of amides is 2. The smallest absolute Gasteiger partial charge is 0.266 e. The van der Waals surface area contributed by atoms with Crippen LogP contribution in [0.25, 0.3) is 0 Å². The van der Waals surface area contributed by atoms with Crippen LogP contribution in [0, 0.1) is 0 Å². The third-order valence-corrected chi connectivity index (χ3v) is 7.14. The van der Waals surface area contributed by atoms with E-state index in [0.717, 1.165) is 11.5 Å². The number of hydrogen-bond acceptors (Lipinski definition) is 4. The highest BCUT2D eigenvalue weighted by atomic mass is 79.9. The number of halogens is 3. The van der Waals surface area contributed by atoms with E-state index in [2.05, 4.69) is 37.2 Å². The molecule has 1 N–H and O–H groups in total. The predicted octanol–water partition coefficient (Wildman–Crippen LogP) is 3.75. The molecule has 1 aliphatic rings. The number of anilines is 1. The maximum absolute atomic E-state index is 12.8. The summed E-state index contributed by atoms with van der Waals surface area (Å²) < 4.78 is 26.9. The molecule has 0 bridgehead atoms. The van der Waals surface area contributed by atoms with E-state index < -0.39 is 27.8 Å². The van der Waals surface area contributed by atoms with E-state index >= 15 is 0 Å². The first-order valence-electron chi connectivity index (χ1n) is 7.21. The number of sulfonamides is 1. The maximum Gasteiger partial charge on any atom is 0.266 e. The van der Waals surface area contributed by atoms with Crippen molar-refractivity contribution in [1.82, 2.24) is 4.31 Å². The van der Waals surface area contributed by atoms with Gasteiger partial charge in [0.25, 0.3) is 15.9 Å². The van der Waals surface area contributed by atoms with Gasteiger partial charge in [-0.05, 0) is 57.9 Å². The Kier molecular flexibility index (Phi) is 5.17. The topological polar surface area (TPSA) is 83.6 Å². The standard InChI is InChI=1S/C16H11Br2ClN2O4S/c1-21-16(23)14(10-7-9(19)3-5-13(10)26(21,24)25)15(22)20-12-4-2-8(17)6-11(12)18/h2-7,14H,1H3,(H,20,22). The van der Waals surface area contributed by atoms with Gasteiger partial charge in [-0.1, -0.05) is 27.5 Å². The molecule has 10 heteroatoms. The number of hydrogen-bond donors (Lipinski definition) is 1. The van der Waals surface area contributed by atoms with Crippen molar-refractivity contribution >= 4 is 71.0 Å². The molecule has 2 aromatic carbocycles. The monoisotopic (exact) mass is 520 g/mol. The van der Waals surface area contributed by atoms with Crippen molar-refractivity contribution in [1.29, 1.82) is 0 Å². The number of benzene rings is 2. The van der Waals surface area contributed by atoms with Gasteiger partial charge in [-0.2, -0.15) is 0 Å². The molecule has 0 aliphatic carbocycles. The van der Waals surface area contributed by atoms with Gasteiger partial charge < -0.3 is 5.32 Å². The zero-order valence-corrected chi connectivity index (χ0v) is 17.9. The van der Waals surface area contributed by atoms with Gasteiger partial charge in [0.15, 0.2) is 0 Å². The highest BCUT2D eigenvalue weighted by molar-refractivity contribution is 9.11. The first-order chi connectivity index (χ1) is 12.1. The summed E-state index contributed by atoms with van der Waals surface area (Å²) >= 11 is 12.6. The molecule has 1 heterocycles. The molecule has 3 rings (SSSR count). The van der Waals surface area contributed by atoms with Gasteiger partial charge in [0.2, 0.25) is 5.91 Å². The van der Waals surface area contributed by atoms with Crippen LogP contribution in [-0.4, -0.2) is 31.6 Å². The summed E-state index contributed by atoms with van der Waals surface area (Å²) in [6.07, 6.45) is 0. The molecular formula is C16H11Br2ClN2O4S. The van der Waals surface area contributed by atoms with Crippen LogP contribution < -0.4 is 5.32 Å². The second-order valence-corrected chi connectivity index (χ2v) is 9.68. The van der Waals surface area contributed by atoms with E-state index in [0.29, 0.717) is 14.5 Å². The minimum absolute atomic E-state index is 0.0614. The molecule has 1 atom stereocenters. The first-order valence-corrected chi connectivity index (χ1v) is 10.6. The van der Waals surface area contributed by atoms with Gasteiger partial charge in [0.05, 0.1) is 10.6 Å². The van der Waals surface area contributed by atoms with E-state index in [4.69, 9.17) is 11.6 Å². The van der Waals surface area contributed by atoms with Gasteiger partial charge in [0.1, 0.15) is 5.92 Å². The number of carbonyl (C=O) groups is 2. The molecule has 0 fully saturated rings.